The van der Waals surface area contributed by atoms with Gasteiger partial charge in [-0.1, -0.05) is 12.1 Å². The van der Waals surface area contributed by atoms with Gasteiger partial charge in [0.25, 0.3) is 0 Å². The zero-order chi connectivity index (χ0) is 22.0. The van der Waals surface area contributed by atoms with Crippen LogP contribution in [0.3, 0.4) is 0 Å². The minimum Gasteiger partial charge on any atom is -0.444 e. The average Bonchev–Trinajstić information content (AvgIpc) is 3.18. The van der Waals surface area contributed by atoms with Crippen LogP contribution >= 0.6 is 0 Å². The maximum Gasteiger partial charge on any atom is 0.410 e. The van der Waals surface area contributed by atoms with E-state index >= 15 is 0 Å². The number of nitrogens with zero attached hydrogens (tertiary/aromatic N) is 4. The molecule has 2 aromatic rings. The minimum absolute atomic E-state index is 0.0267. The highest BCUT2D eigenvalue weighted by atomic mass is 16.6. The molecule has 0 unspecified atom stereocenters. The number of carbonyl (C=O) groups is 2. The van der Waals surface area contributed by atoms with Gasteiger partial charge < -0.3 is 19.9 Å². The number of benzene rings is 1. The maximum absolute atomic E-state index is 12.7. The predicted octanol–water partition coefficient (Wildman–Crippen LogP) is 3.28. The van der Waals surface area contributed by atoms with Gasteiger partial charge >= 0.3 is 6.09 Å². The fourth-order valence-corrected chi connectivity index (χ4v) is 3.89. The molecule has 0 radical (unpaired) electrons. The standard InChI is InChI=1S/C23H29N5O3/c1-23(2,3)31-22(30)28-14-18(15-28)16-6-8-19(9-7-16)25-21(29)17-10-12-27(13-17)20-5-4-11-24-26-20/h4-9,11,17-18H,10,12-15H2,1-3H3,(H,25,29)/t17-/m0/s1. The third-order valence-corrected chi connectivity index (χ3v) is 5.62. The summed E-state index contributed by atoms with van der Waals surface area (Å²) in [6.07, 6.45) is 2.18. The highest BCUT2D eigenvalue weighted by Crippen LogP contribution is 2.29. The number of rotatable bonds is 4. The summed E-state index contributed by atoms with van der Waals surface area (Å²) in [4.78, 5) is 28.6. The van der Waals surface area contributed by atoms with Crippen molar-refractivity contribution in [2.75, 3.05) is 36.4 Å². The minimum atomic E-state index is -0.479. The summed E-state index contributed by atoms with van der Waals surface area (Å²) in [5.74, 6) is 1.06. The Bertz CT molecular complexity index is 920. The van der Waals surface area contributed by atoms with Crippen LogP contribution in [0.2, 0.25) is 0 Å². The lowest BCUT2D eigenvalue weighted by Gasteiger charge is -2.40. The summed E-state index contributed by atoms with van der Waals surface area (Å²) < 4.78 is 5.40. The zero-order valence-corrected chi connectivity index (χ0v) is 18.2. The van der Waals surface area contributed by atoms with E-state index in [1.54, 1.807) is 11.1 Å². The third kappa shape index (κ3) is 5.13. The molecule has 8 nitrogen and oxygen atoms in total. The highest BCUT2D eigenvalue weighted by Gasteiger charge is 2.34. The first-order chi connectivity index (χ1) is 14.8. The lowest BCUT2D eigenvalue weighted by atomic mass is 9.92. The Kier molecular flexibility index (Phi) is 5.80. The Morgan fingerprint density at radius 3 is 2.48 bits per heavy atom. The molecule has 1 aromatic heterocycles. The van der Waals surface area contributed by atoms with E-state index in [4.69, 9.17) is 4.74 Å². The van der Waals surface area contributed by atoms with Gasteiger partial charge in [0, 0.05) is 44.0 Å². The molecule has 0 bridgehead atoms. The summed E-state index contributed by atoms with van der Waals surface area (Å²) in [6, 6.07) is 11.7. The first-order valence-electron chi connectivity index (χ1n) is 10.7. The molecule has 2 aliphatic rings. The van der Waals surface area contributed by atoms with Crippen LogP contribution < -0.4 is 10.2 Å². The number of hydrogen-bond acceptors (Lipinski definition) is 6. The van der Waals surface area contributed by atoms with E-state index in [0.29, 0.717) is 25.6 Å². The Hall–Kier alpha value is -3.16. The summed E-state index contributed by atoms with van der Waals surface area (Å²) in [5.41, 5.74) is 1.47. The van der Waals surface area contributed by atoms with Gasteiger partial charge in [0.05, 0.1) is 5.92 Å². The molecule has 2 saturated heterocycles. The Morgan fingerprint density at radius 2 is 1.84 bits per heavy atom. The van der Waals surface area contributed by atoms with Crippen molar-refractivity contribution in [3.8, 4) is 0 Å². The molecule has 2 aliphatic heterocycles. The molecule has 31 heavy (non-hydrogen) atoms. The van der Waals surface area contributed by atoms with Gasteiger partial charge in [-0.25, -0.2) is 4.79 Å². The SMILES string of the molecule is CC(C)(C)OC(=O)N1CC(c2ccc(NC(=O)[C@H]3CCN(c4cccnn4)C3)cc2)C1. The Morgan fingerprint density at radius 1 is 1.10 bits per heavy atom. The number of carbonyl (C=O) groups excluding carboxylic acids is 2. The molecule has 1 aromatic carbocycles. The number of aromatic nitrogens is 2. The number of anilines is 2. The van der Waals surface area contributed by atoms with Crippen LogP contribution in [0, 0.1) is 5.92 Å². The van der Waals surface area contributed by atoms with Crippen molar-refractivity contribution in [2.45, 2.75) is 38.7 Å². The summed E-state index contributed by atoms with van der Waals surface area (Å²) in [5, 5.41) is 11.1. The van der Waals surface area contributed by atoms with Gasteiger partial charge in [-0.15, -0.1) is 5.10 Å². The van der Waals surface area contributed by atoms with Crippen LogP contribution in [0.5, 0.6) is 0 Å². The van der Waals surface area contributed by atoms with Gasteiger partial charge in [-0.05, 0) is 57.0 Å². The van der Waals surface area contributed by atoms with Gasteiger partial charge in [0.15, 0.2) is 5.82 Å². The van der Waals surface area contributed by atoms with E-state index in [1.165, 1.54) is 0 Å². The van der Waals surface area contributed by atoms with Gasteiger partial charge in [-0.3, -0.25) is 4.79 Å². The van der Waals surface area contributed by atoms with Crippen LogP contribution in [0.1, 0.15) is 38.7 Å². The highest BCUT2D eigenvalue weighted by molar-refractivity contribution is 5.93. The molecule has 2 amide bonds. The van der Waals surface area contributed by atoms with Crippen LogP contribution in [0.25, 0.3) is 0 Å². The summed E-state index contributed by atoms with van der Waals surface area (Å²) in [7, 11) is 0. The van der Waals surface area contributed by atoms with Crippen molar-refractivity contribution < 1.29 is 14.3 Å². The van der Waals surface area contributed by atoms with Crippen molar-refractivity contribution in [3.63, 3.8) is 0 Å². The van der Waals surface area contributed by atoms with Crippen molar-refractivity contribution in [2.24, 2.45) is 5.92 Å². The first-order valence-corrected chi connectivity index (χ1v) is 10.7. The molecule has 0 aliphatic carbocycles. The fourth-order valence-electron chi connectivity index (χ4n) is 3.89. The van der Waals surface area contributed by atoms with Crippen LogP contribution in [-0.2, 0) is 9.53 Å². The molecule has 8 heteroatoms. The average molecular weight is 424 g/mol. The molecular weight excluding hydrogens is 394 g/mol. The van der Waals surface area contributed by atoms with E-state index in [2.05, 4.69) is 20.4 Å². The molecule has 3 heterocycles. The van der Waals surface area contributed by atoms with Crippen LogP contribution in [0.4, 0.5) is 16.3 Å². The third-order valence-electron chi connectivity index (χ3n) is 5.62. The van der Waals surface area contributed by atoms with E-state index in [1.807, 2.05) is 57.2 Å². The van der Waals surface area contributed by atoms with Gasteiger partial charge in [0.2, 0.25) is 5.91 Å². The van der Waals surface area contributed by atoms with Crippen molar-refractivity contribution >= 4 is 23.5 Å². The second kappa shape index (κ2) is 8.53. The number of nitrogens with one attached hydrogen (secondary N) is 1. The quantitative estimate of drug-likeness (QED) is 0.812. The van der Waals surface area contributed by atoms with Crippen LogP contribution in [0.15, 0.2) is 42.6 Å². The molecule has 0 spiro atoms. The van der Waals surface area contributed by atoms with Crippen molar-refractivity contribution in [1.82, 2.24) is 15.1 Å². The maximum atomic E-state index is 12.7. The second-order valence-electron chi connectivity index (χ2n) is 9.21. The van der Waals surface area contributed by atoms with Gasteiger partial charge in [0.1, 0.15) is 5.60 Å². The summed E-state index contributed by atoms with van der Waals surface area (Å²) >= 11 is 0. The molecular formula is C23H29N5O3. The van der Waals surface area contributed by atoms with Crippen molar-refractivity contribution in [3.05, 3.63) is 48.2 Å². The molecule has 2 fully saturated rings. The van der Waals surface area contributed by atoms with Gasteiger partial charge in [-0.2, -0.15) is 5.10 Å². The largest absolute Gasteiger partial charge is 0.444 e. The van der Waals surface area contributed by atoms with E-state index in [0.717, 1.165) is 30.0 Å². The summed E-state index contributed by atoms with van der Waals surface area (Å²) in [6.45, 7) is 8.36. The zero-order valence-electron chi connectivity index (χ0n) is 18.2. The van der Waals surface area contributed by atoms with E-state index in [-0.39, 0.29) is 17.9 Å². The number of hydrogen-bond donors (Lipinski definition) is 1. The van der Waals surface area contributed by atoms with E-state index in [9.17, 15) is 9.59 Å². The predicted molar refractivity (Wildman–Crippen MR) is 118 cm³/mol. The number of ether oxygens (including phenoxy) is 1. The lowest BCUT2D eigenvalue weighted by Crippen LogP contribution is -2.50. The Labute approximate surface area is 182 Å². The van der Waals surface area contributed by atoms with Crippen molar-refractivity contribution in [1.29, 1.82) is 0 Å². The topological polar surface area (TPSA) is 87.7 Å². The normalized spacial score (nSPS) is 19.1. The lowest BCUT2D eigenvalue weighted by molar-refractivity contribution is -0.119. The number of amides is 2. The molecule has 0 saturated carbocycles. The van der Waals surface area contributed by atoms with Crippen LogP contribution in [-0.4, -0.2) is 58.9 Å². The first kappa shape index (κ1) is 21.1. The van der Waals surface area contributed by atoms with E-state index < -0.39 is 5.60 Å². The fraction of sp³-hybridized carbons (Fsp3) is 0.478. The monoisotopic (exact) mass is 423 g/mol. The molecule has 164 valence electrons. The molecule has 4 rings (SSSR count). The Balaban J connectivity index is 1.26. The smallest absolute Gasteiger partial charge is 0.410 e. The molecule has 1 atom stereocenters. The number of likely N-dealkylation sites (tertiary alicyclic amines) is 1. The second-order valence-corrected chi connectivity index (χ2v) is 9.21. The molecule has 1 N–H and O–H groups in total.